The molecular formula is C21H22ClN5O. The zero-order valence-electron chi connectivity index (χ0n) is 16.0. The van der Waals surface area contributed by atoms with Gasteiger partial charge >= 0.3 is 0 Å². The molecule has 0 aliphatic carbocycles. The first-order valence-corrected chi connectivity index (χ1v) is 9.62. The number of fused-ring (bicyclic) bond motifs is 1. The van der Waals surface area contributed by atoms with Crippen LogP contribution in [0.2, 0.25) is 5.02 Å². The van der Waals surface area contributed by atoms with Gasteiger partial charge in [-0.05, 0) is 42.5 Å². The van der Waals surface area contributed by atoms with Gasteiger partial charge in [0.05, 0.1) is 5.52 Å². The third-order valence-corrected chi connectivity index (χ3v) is 5.32. The van der Waals surface area contributed by atoms with Gasteiger partial charge < -0.3 is 14.7 Å². The molecule has 2 heterocycles. The number of nitrogens with zero attached hydrogens (tertiary/aromatic N) is 5. The number of carbonyl (C=O) groups is 1. The predicted octanol–water partition coefficient (Wildman–Crippen LogP) is 3.31. The van der Waals surface area contributed by atoms with E-state index in [0.29, 0.717) is 23.7 Å². The van der Waals surface area contributed by atoms with Crippen LogP contribution in [-0.2, 0) is 0 Å². The Labute approximate surface area is 169 Å². The van der Waals surface area contributed by atoms with Crippen molar-refractivity contribution in [3.05, 3.63) is 59.4 Å². The Balaban J connectivity index is 1.53. The van der Waals surface area contributed by atoms with E-state index in [1.165, 1.54) is 0 Å². The van der Waals surface area contributed by atoms with E-state index in [0.717, 1.165) is 35.5 Å². The third-order valence-electron chi connectivity index (χ3n) is 5.07. The molecular weight excluding hydrogens is 374 g/mol. The van der Waals surface area contributed by atoms with Gasteiger partial charge in [-0.15, -0.1) is 0 Å². The molecule has 2 aromatic carbocycles. The van der Waals surface area contributed by atoms with Gasteiger partial charge in [0.1, 0.15) is 12.1 Å². The minimum Gasteiger partial charge on any atom is -0.378 e. The van der Waals surface area contributed by atoms with E-state index in [-0.39, 0.29) is 5.91 Å². The third kappa shape index (κ3) is 3.60. The van der Waals surface area contributed by atoms with Crippen molar-refractivity contribution >= 4 is 39.9 Å². The summed E-state index contributed by atoms with van der Waals surface area (Å²) in [7, 11) is 4.04. The lowest BCUT2D eigenvalue weighted by atomic mass is 10.1. The van der Waals surface area contributed by atoms with Crippen molar-refractivity contribution in [1.29, 1.82) is 0 Å². The normalized spacial score (nSPS) is 14.4. The Hall–Kier alpha value is -2.86. The molecule has 4 rings (SSSR count). The number of amides is 1. The van der Waals surface area contributed by atoms with E-state index in [2.05, 4.69) is 31.9 Å². The van der Waals surface area contributed by atoms with Crippen LogP contribution in [0.15, 0.2) is 48.8 Å². The second-order valence-electron chi connectivity index (χ2n) is 7.08. The van der Waals surface area contributed by atoms with E-state index in [9.17, 15) is 4.79 Å². The van der Waals surface area contributed by atoms with Crippen molar-refractivity contribution in [2.45, 2.75) is 0 Å². The molecule has 1 aromatic heterocycles. The van der Waals surface area contributed by atoms with Crippen LogP contribution in [0.1, 0.15) is 10.4 Å². The molecule has 1 aliphatic rings. The molecule has 1 aliphatic heterocycles. The van der Waals surface area contributed by atoms with Gasteiger partial charge in [0.2, 0.25) is 0 Å². The lowest BCUT2D eigenvalue weighted by Gasteiger charge is -2.36. The molecule has 6 nitrogen and oxygen atoms in total. The molecule has 28 heavy (non-hydrogen) atoms. The number of hydrogen-bond acceptors (Lipinski definition) is 5. The first-order valence-electron chi connectivity index (χ1n) is 9.25. The van der Waals surface area contributed by atoms with Crippen molar-refractivity contribution in [2.24, 2.45) is 0 Å². The van der Waals surface area contributed by atoms with Gasteiger partial charge in [0.25, 0.3) is 5.91 Å². The van der Waals surface area contributed by atoms with E-state index in [1.54, 1.807) is 30.6 Å². The molecule has 0 unspecified atom stereocenters. The molecule has 1 amide bonds. The van der Waals surface area contributed by atoms with Crippen LogP contribution >= 0.6 is 11.6 Å². The van der Waals surface area contributed by atoms with Gasteiger partial charge in [0, 0.05) is 61.9 Å². The molecule has 0 bridgehead atoms. The molecule has 0 spiro atoms. The minimum atomic E-state index is 0.0405. The monoisotopic (exact) mass is 395 g/mol. The standard InChI is InChI=1S/C21H22ClN5O/c1-25(2)17-7-8-19-18(13-17)20(24-14-23-19)26-9-11-27(12-10-26)21(28)15-3-5-16(22)6-4-15/h3-8,13-14H,9-12H2,1-2H3. The first kappa shape index (κ1) is 18.5. The molecule has 0 radical (unpaired) electrons. The van der Waals surface area contributed by atoms with Gasteiger partial charge in [-0.1, -0.05) is 11.6 Å². The van der Waals surface area contributed by atoms with Crippen molar-refractivity contribution < 1.29 is 4.79 Å². The number of anilines is 2. The number of hydrogen-bond donors (Lipinski definition) is 0. The summed E-state index contributed by atoms with van der Waals surface area (Å²) >= 11 is 5.92. The van der Waals surface area contributed by atoms with Crippen molar-refractivity contribution in [3.8, 4) is 0 Å². The fraction of sp³-hybridized carbons (Fsp3) is 0.286. The summed E-state index contributed by atoms with van der Waals surface area (Å²) in [5.41, 5.74) is 2.70. The van der Waals surface area contributed by atoms with Crippen LogP contribution in [0.5, 0.6) is 0 Å². The molecule has 3 aromatic rings. The number of rotatable bonds is 3. The number of aromatic nitrogens is 2. The fourth-order valence-corrected chi connectivity index (χ4v) is 3.58. The lowest BCUT2D eigenvalue weighted by molar-refractivity contribution is 0.0746. The molecule has 0 atom stereocenters. The number of piperazine rings is 1. The highest BCUT2D eigenvalue weighted by Gasteiger charge is 2.24. The zero-order valence-corrected chi connectivity index (χ0v) is 16.7. The average Bonchev–Trinajstić information content (AvgIpc) is 2.73. The molecule has 0 saturated carbocycles. The smallest absolute Gasteiger partial charge is 0.253 e. The first-order chi connectivity index (χ1) is 13.5. The lowest BCUT2D eigenvalue weighted by Crippen LogP contribution is -2.49. The summed E-state index contributed by atoms with van der Waals surface area (Å²) in [5.74, 6) is 0.964. The van der Waals surface area contributed by atoms with E-state index in [4.69, 9.17) is 11.6 Å². The van der Waals surface area contributed by atoms with E-state index in [1.807, 2.05) is 25.1 Å². The largest absolute Gasteiger partial charge is 0.378 e. The highest BCUT2D eigenvalue weighted by Crippen LogP contribution is 2.27. The maximum Gasteiger partial charge on any atom is 0.253 e. The summed E-state index contributed by atoms with van der Waals surface area (Å²) in [6.07, 6.45) is 1.61. The van der Waals surface area contributed by atoms with Gasteiger partial charge in [-0.3, -0.25) is 4.79 Å². The molecule has 144 valence electrons. The second kappa shape index (κ2) is 7.64. The second-order valence-corrected chi connectivity index (χ2v) is 7.52. The van der Waals surface area contributed by atoms with Crippen molar-refractivity contribution in [3.63, 3.8) is 0 Å². The average molecular weight is 396 g/mol. The van der Waals surface area contributed by atoms with Crippen LogP contribution in [0.3, 0.4) is 0 Å². The van der Waals surface area contributed by atoms with Gasteiger partial charge in [-0.2, -0.15) is 0 Å². The van der Waals surface area contributed by atoms with Crippen molar-refractivity contribution in [1.82, 2.24) is 14.9 Å². The highest BCUT2D eigenvalue weighted by atomic mass is 35.5. The number of carbonyl (C=O) groups excluding carboxylic acids is 1. The molecule has 0 N–H and O–H groups in total. The SMILES string of the molecule is CN(C)c1ccc2ncnc(N3CCN(C(=O)c4ccc(Cl)cc4)CC3)c2c1. The van der Waals surface area contributed by atoms with Crippen LogP contribution in [0.25, 0.3) is 10.9 Å². The Morgan fingerprint density at radius 2 is 1.71 bits per heavy atom. The Kier molecular flexibility index (Phi) is 5.05. The Morgan fingerprint density at radius 3 is 2.39 bits per heavy atom. The summed E-state index contributed by atoms with van der Waals surface area (Å²) in [5, 5.41) is 1.67. The van der Waals surface area contributed by atoms with Gasteiger partial charge in [0.15, 0.2) is 0 Å². The highest BCUT2D eigenvalue weighted by molar-refractivity contribution is 6.30. The predicted molar refractivity (Wildman–Crippen MR) is 113 cm³/mol. The summed E-state index contributed by atoms with van der Waals surface area (Å²) in [6, 6.07) is 13.3. The van der Waals surface area contributed by atoms with Gasteiger partial charge in [-0.25, -0.2) is 9.97 Å². The molecule has 1 fully saturated rings. The Morgan fingerprint density at radius 1 is 1.00 bits per heavy atom. The zero-order chi connectivity index (χ0) is 19.7. The van der Waals surface area contributed by atoms with Crippen molar-refractivity contribution in [2.75, 3.05) is 50.1 Å². The van der Waals surface area contributed by atoms with Crippen LogP contribution in [0, 0.1) is 0 Å². The summed E-state index contributed by atoms with van der Waals surface area (Å²) in [6.45, 7) is 2.77. The topological polar surface area (TPSA) is 52.6 Å². The maximum absolute atomic E-state index is 12.7. The van der Waals surface area contributed by atoms with Crippen LogP contribution in [0.4, 0.5) is 11.5 Å². The van der Waals surface area contributed by atoms with Crippen LogP contribution < -0.4 is 9.80 Å². The number of halogens is 1. The number of benzene rings is 2. The van der Waals surface area contributed by atoms with Crippen LogP contribution in [-0.4, -0.2) is 61.0 Å². The Bertz CT molecular complexity index is 997. The molecule has 1 saturated heterocycles. The minimum absolute atomic E-state index is 0.0405. The maximum atomic E-state index is 12.7. The fourth-order valence-electron chi connectivity index (χ4n) is 3.46. The summed E-state index contributed by atoms with van der Waals surface area (Å²) in [4.78, 5) is 27.8. The quantitative estimate of drug-likeness (QED) is 0.681. The van der Waals surface area contributed by atoms with E-state index < -0.39 is 0 Å². The summed E-state index contributed by atoms with van der Waals surface area (Å²) < 4.78 is 0. The van der Waals surface area contributed by atoms with E-state index >= 15 is 0 Å². The molecule has 7 heteroatoms.